The summed E-state index contributed by atoms with van der Waals surface area (Å²) in [5, 5.41) is 11.8. The van der Waals surface area contributed by atoms with Crippen LogP contribution in [0.2, 0.25) is 0 Å². The fourth-order valence-corrected chi connectivity index (χ4v) is 2.41. The van der Waals surface area contributed by atoms with Gasteiger partial charge in [-0.05, 0) is 12.1 Å². The van der Waals surface area contributed by atoms with Crippen LogP contribution in [0.25, 0.3) is 5.69 Å². The zero-order valence-electron chi connectivity index (χ0n) is 11.6. The van der Waals surface area contributed by atoms with Gasteiger partial charge in [0.15, 0.2) is 0 Å². The Bertz CT molecular complexity index is 562. The number of nitrogens with zero attached hydrogens (tertiary/aromatic N) is 4. The molecule has 0 amide bonds. The van der Waals surface area contributed by atoms with Gasteiger partial charge in [0.1, 0.15) is 11.4 Å². The van der Waals surface area contributed by atoms with E-state index < -0.39 is 0 Å². The lowest BCUT2D eigenvalue weighted by Crippen LogP contribution is -2.42. The van der Waals surface area contributed by atoms with E-state index in [-0.39, 0.29) is 0 Å². The maximum atomic E-state index is 5.35. The molecular weight excluding hydrogens is 254 g/mol. The van der Waals surface area contributed by atoms with Crippen molar-refractivity contribution in [2.24, 2.45) is 0 Å². The lowest BCUT2D eigenvalue weighted by atomic mass is 10.3. The SMILES string of the molecule is COc1ccccc1-n1cc(CN2CCNCC2)nn1. The number of ether oxygens (including phenoxy) is 1. The smallest absolute Gasteiger partial charge is 0.144 e. The zero-order valence-corrected chi connectivity index (χ0v) is 11.6. The number of aromatic nitrogens is 3. The number of rotatable bonds is 4. The van der Waals surface area contributed by atoms with Gasteiger partial charge in [0.05, 0.1) is 19.0 Å². The third-order valence-electron chi connectivity index (χ3n) is 3.47. The van der Waals surface area contributed by atoms with Crippen LogP contribution in [-0.4, -0.2) is 53.2 Å². The predicted octanol–water partition coefficient (Wildman–Crippen LogP) is 0.681. The van der Waals surface area contributed by atoms with Crippen LogP contribution in [-0.2, 0) is 6.54 Å². The topological polar surface area (TPSA) is 55.2 Å². The highest BCUT2D eigenvalue weighted by Crippen LogP contribution is 2.21. The number of nitrogens with one attached hydrogen (secondary N) is 1. The molecule has 20 heavy (non-hydrogen) atoms. The Morgan fingerprint density at radius 2 is 2.05 bits per heavy atom. The molecule has 2 heterocycles. The van der Waals surface area contributed by atoms with Gasteiger partial charge in [-0.3, -0.25) is 4.90 Å². The van der Waals surface area contributed by atoms with Gasteiger partial charge in [0.2, 0.25) is 0 Å². The molecule has 0 saturated carbocycles. The molecule has 6 nitrogen and oxygen atoms in total. The van der Waals surface area contributed by atoms with Gasteiger partial charge in [-0.25, -0.2) is 4.68 Å². The lowest BCUT2D eigenvalue weighted by Gasteiger charge is -2.25. The second kappa shape index (κ2) is 6.02. The predicted molar refractivity (Wildman–Crippen MR) is 76.1 cm³/mol. The average molecular weight is 273 g/mol. The molecule has 1 aliphatic heterocycles. The molecule has 106 valence electrons. The molecular formula is C14H19N5O. The molecule has 1 aliphatic rings. The van der Waals surface area contributed by atoms with Crippen molar-refractivity contribution in [2.45, 2.75) is 6.54 Å². The van der Waals surface area contributed by atoms with Crippen molar-refractivity contribution in [1.82, 2.24) is 25.2 Å². The van der Waals surface area contributed by atoms with Crippen LogP contribution < -0.4 is 10.1 Å². The Hall–Kier alpha value is -1.92. The van der Waals surface area contributed by atoms with E-state index in [1.807, 2.05) is 30.5 Å². The van der Waals surface area contributed by atoms with Gasteiger partial charge in [0, 0.05) is 32.7 Å². The Balaban J connectivity index is 1.75. The molecule has 0 unspecified atom stereocenters. The Morgan fingerprint density at radius 3 is 2.85 bits per heavy atom. The number of methoxy groups -OCH3 is 1. The summed E-state index contributed by atoms with van der Waals surface area (Å²) in [6.45, 7) is 5.04. The molecule has 0 spiro atoms. The van der Waals surface area contributed by atoms with Gasteiger partial charge in [-0.15, -0.1) is 5.10 Å². The first-order chi connectivity index (χ1) is 9.86. The van der Waals surface area contributed by atoms with Gasteiger partial charge in [0.25, 0.3) is 0 Å². The van der Waals surface area contributed by atoms with Crippen LogP contribution in [0.3, 0.4) is 0 Å². The highest BCUT2D eigenvalue weighted by molar-refractivity contribution is 5.45. The molecule has 1 saturated heterocycles. The van der Waals surface area contributed by atoms with E-state index in [0.29, 0.717) is 0 Å². The van der Waals surface area contributed by atoms with Gasteiger partial charge < -0.3 is 10.1 Å². The van der Waals surface area contributed by atoms with Crippen molar-refractivity contribution in [2.75, 3.05) is 33.3 Å². The van der Waals surface area contributed by atoms with Crippen molar-refractivity contribution in [3.05, 3.63) is 36.2 Å². The van der Waals surface area contributed by atoms with Gasteiger partial charge in [-0.1, -0.05) is 17.3 Å². The average Bonchev–Trinajstić information content (AvgIpc) is 2.96. The first kappa shape index (κ1) is 13.1. The first-order valence-corrected chi connectivity index (χ1v) is 6.84. The maximum absolute atomic E-state index is 5.35. The summed E-state index contributed by atoms with van der Waals surface area (Å²) in [6, 6.07) is 7.81. The van der Waals surface area contributed by atoms with Crippen LogP contribution in [0.1, 0.15) is 5.69 Å². The second-order valence-corrected chi connectivity index (χ2v) is 4.85. The fraction of sp³-hybridized carbons (Fsp3) is 0.429. The molecule has 0 atom stereocenters. The van der Waals surface area contributed by atoms with Crippen LogP contribution in [0, 0.1) is 0 Å². The van der Waals surface area contributed by atoms with Gasteiger partial charge in [-0.2, -0.15) is 0 Å². The molecule has 0 bridgehead atoms. The van der Waals surface area contributed by atoms with E-state index in [2.05, 4.69) is 20.5 Å². The van der Waals surface area contributed by atoms with E-state index in [9.17, 15) is 0 Å². The van der Waals surface area contributed by atoms with Gasteiger partial charge >= 0.3 is 0 Å². The van der Waals surface area contributed by atoms with Crippen molar-refractivity contribution >= 4 is 0 Å². The first-order valence-electron chi connectivity index (χ1n) is 6.84. The van der Waals surface area contributed by atoms with E-state index in [4.69, 9.17) is 4.74 Å². The van der Waals surface area contributed by atoms with E-state index in [0.717, 1.165) is 49.9 Å². The standard InChI is InChI=1S/C14H19N5O/c1-20-14-5-3-2-4-13(14)19-11-12(16-17-19)10-18-8-6-15-7-9-18/h2-5,11,15H,6-10H2,1H3. The molecule has 0 aliphatic carbocycles. The molecule has 2 aromatic rings. The lowest BCUT2D eigenvalue weighted by molar-refractivity contribution is 0.230. The van der Waals surface area contributed by atoms with Crippen LogP contribution >= 0.6 is 0 Å². The molecule has 0 radical (unpaired) electrons. The summed E-state index contributed by atoms with van der Waals surface area (Å²) in [7, 11) is 1.66. The van der Waals surface area contributed by atoms with E-state index in [1.165, 1.54) is 0 Å². The van der Waals surface area contributed by atoms with Crippen molar-refractivity contribution in [3.63, 3.8) is 0 Å². The summed E-state index contributed by atoms with van der Waals surface area (Å²) < 4.78 is 7.13. The summed E-state index contributed by atoms with van der Waals surface area (Å²) in [5.74, 6) is 0.797. The minimum Gasteiger partial charge on any atom is -0.494 e. The van der Waals surface area contributed by atoms with E-state index in [1.54, 1.807) is 11.8 Å². The summed E-state index contributed by atoms with van der Waals surface area (Å²) >= 11 is 0. The number of piperazine rings is 1. The minimum absolute atomic E-state index is 0.797. The monoisotopic (exact) mass is 273 g/mol. The van der Waals surface area contributed by atoms with Crippen LogP contribution in [0.15, 0.2) is 30.5 Å². The molecule has 1 aromatic carbocycles. The molecule has 3 rings (SSSR count). The van der Waals surface area contributed by atoms with Crippen LogP contribution in [0.5, 0.6) is 5.75 Å². The van der Waals surface area contributed by atoms with Crippen molar-refractivity contribution in [3.8, 4) is 11.4 Å². The highest BCUT2D eigenvalue weighted by atomic mass is 16.5. The number of hydrogen-bond donors (Lipinski definition) is 1. The molecule has 1 N–H and O–H groups in total. The highest BCUT2D eigenvalue weighted by Gasteiger charge is 2.13. The van der Waals surface area contributed by atoms with Crippen molar-refractivity contribution < 1.29 is 4.74 Å². The largest absolute Gasteiger partial charge is 0.494 e. The third kappa shape index (κ3) is 2.81. The number of hydrogen-bond acceptors (Lipinski definition) is 5. The van der Waals surface area contributed by atoms with E-state index >= 15 is 0 Å². The maximum Gasteiger partial charge on any atom is 0.144 e. The molecule has 6 heteroatoms. The van der Waals surface area contributed by atoms with Crippen LogP contribution in [0.4, 0.5) is 0 Å². The Morgan fingerprint density at radius 1 is 1.25 bits per heavy atom. The normalized spacial score (nSPS) is 16.2. The molecule has 1 aromatic heterocycles. The quantitative estimate of drug-likeness (QED) is 0.888. The Labute approximate surface area is 118 Å². The summed E-state index contributed by atoms with van der Waals surface area (Å²) in [5.41, 5.74) is 1.90. The second-order valence-electron chi connectivity index (χ2n) is 4.85. The zero-order chi connectivity index (χ0) is 13.8. The third-order valence-corrected chi connectivity index (χ3v) is 3.47. The summed E-state index contributed by atoms with van der Waals surface area (Å²) in [6.07, 6.45) is 1.97. The molecule has 1 fully saturated rings. The Kier molecular flexibility index (Phi) is 3.94. The minimum atomic E-state index is 0.797. The summed E-state index contributed by atoms with van der Waals surface area (Å²) in [4.78, 5) is 2.38. The van der Waals surface area contributed by atoms with Crippen molar-refractivity contribution in [1.29, 1.82) is 0 Å². The number of benzene rings is 1. The fourth-order valence-electron chi connectivity index (χ4n) is 2.41. The number of para-hydroxylation sites is 2.